The fourth-order valence-corrected chi connectivity index (χ4v) is 4.55. The lowest BCUT2D eigenvalue weighted by Crippen LogP contribution is -2.56. The number of anilines is 2. The Labute approximate surface area is 175 Å². The Morgan fingerprint density at radius 3 is 2.53 bits per heavy atom. The van der Waals surface area contributed by atoms with Crippen molar-refractivity contribution in [2.45, 2.75) is 31.9 Å². The number of hydrogen-bond acceptors (Lipinski definition) is 6. The number of nitro benzene ring substituents is 1. The van der Waals surface area contributed by atoms with Crippen LogP contribution in [0.5, 0.6) is 0 Å². The summed E-state index contributed by atoms with van der Waals surface area (Å²) >= 11 is 0. The molecule has 2 atom stereocenters. The van der Waals surface area contributed by atoms with Crippen LogP contribution in [0, 0.1) is 10.1 Å². The van der Waals surface area contributed by atoms with Crippen LogP contribution in [0.1, 0.15) is 18.1 Å². The first-order chi connectivity index (χ1) is 14.4. The summed E-state index contributed by atoms with van der Waals surface area (Å²) in [5, 5.41) is 24.7. The molecule has 158 valence electrons. The second-order valence-electron chi connectivity index (χ2n) is 7.97. The summed E-state index contributed by atoms with van der Waals surface area (Å²) in [7, 11) is 0. The van der Waals surface area contributed by atoms with E-state index in [2.05, 4.69) is 15.1 Å². The monoisotopic (exact) mass is 410 g/mol. The molecule has 0 saturated carbocycles. The van der Waals surface area contributed by atoms with Crippen LogP contribution in [-0.4, -0.2) is 59.2 Å². The van der Waals surface area contributed by atoms with Crippen LogP contribution in [0.25, 0.3) is 0 Å². The van der Waals surface area contributed by atoms with Crippen LogP contribution >= 0.6 is 0 Å². The average Bonchev–Trinajstić information content (AvgIpc) is 2.73. The summed E-state index contributed by atoms with van der Waals surface area (Å²) in [5.74, 6) is -0.0980. The first kappa shape index (κ1) is 20.3. The van der Waals surface area contributed by atoms with Gasteiger partial charge in [0.15, 0.2) is 0 Å². The largest absolute Gasteiger partial charge is 0.391 e. The van der Waals surface area contributed by atoms with Crippen molar-refractivity contribution in [2.24, 2.45) is 0 Å². The number of non-ortho nitro benzene ring substituents is 1. The summed E-state index contributed by atoms with van der Waals surface area (Å²) in [4.78, 5) is 26.8. The molecule has 1 amide bonds. The van der Waals surface area contributed by atoms with Gasteiger partial charge >= 0.3 is 0 Å². The minimum Gasteiger partial charge on any atom is -0.391 e. The number of aliphatic hydroxyl groups is 1. The Bertz CT molecular complexity index is 956. The highest BCUT2D eigenvalue weighted by Gasteiger charge is 2.34. The predicted molar refractivity (Wildman–Crippen MR) is 115 cm³/mol. The van der Waals surface area contributed by atoms with E-state index >= 15 is 0 Å². The van der Waals surface area contributed by atoms with Gasteiger partial charge in [-0.2, -0.15) is 0 Å². The number of nitrogens with one attached hydrogen (secondary N) is 1. The van der Waals surface area contributed by atoms with E-state index in [0.29, 0.717) is 12.8 Å². The van der Waals surface area contributed by atoms with Crippen molar-refractivity contribution >= 4 is 23.0 Å². The van der Waals surface area contributed by atoms with Crippen LogP contribution < -0.4 is 10.2 Å². The van der Waals surface area contributed by atoms with Gasteiger partial charge in [-0.05, 0) is 29.7 Å². The van der Waals surface area contributed by atoms with Gasteiger partial charge in [-0.15, -0.1) is 0 Å². The van der Waals surface area contributed by atoms with Gasteiger partial charge in [0, 0.05) is 57.7 Å². The molecular weight excluding hydrogens is 384 g/mol. The smallest absolute Gasteiger partial charge is 0.269 e. The number of fused-ring (bicyclic) bond motifs is 1. The van der Waals surface area contributed by atoms with Crippen molar-refractivity contribution in [3.8, 4) is 0 Å². The van der Waals surface area contributed by atoms with Gasteiger partial charge in [0.05, 0.1) is 22.4 Å². The lowest BCUT2D eigenvalue weighted by molar-refractivity contribution is -0.385. The topological polar surface area (TPSA) is 99.0 Å². The molecule has 1 saturated heterocycles. The van der Waals surface area contributed by atoms with Crippen molar-refractivity contribution in [1.29, 1.82) is 0 Å². The summed E-state index contributed by atoms with van der Waals surface area (Å²) in [6.45, 7) is 4.62. The molecule has 2 N–H and O–H groups in total. The Kier molecular flexibility index (Phi) is 5.69. The third-order valence-corrected chi connectivity index (χ3v) is 6.04. The maximum atomic E-state index is 11.5. The van der Waals surface area contributed by atoms with Crippen LogP contribution in [0.4, 0.5) is 17.1 Å². The number of para-hydroxylation sites is 2. The molecule has 1 fully saturated rings. The molecule has 0 unspecified atom stereocenters. The number of rotatable bonds is 4. The van der Waals surface area contributed by atoms with Crippen molar-refractivity contribution in [3.05, 3.63) is 63.7 Å². The molecule has 2 aliphatic rings. The van der Waals surface area contributed by atoms with Crippen LogP contribution in [0.3, 0.4) is 0 Å². The molecule has 0 spiro atoms. The Hall–Kier alpha value is -2.97. The van der Waals surface area contributed by atoms with Gasteiger partial charge in [0.1, 0.15) is 0 Å². The number of carbonyl (C=O) groups is 1. The van der Waals surface area contributed by atoms with Crippen molar-refractivity contribution in [3.63, 3.8) is 0 Å². The van der Waals surface area contributed by atoms with E-state index in [1.165, 1.54) is 13.0 Å². The predicted octanol–water partition coefficient (Wildman–Crippen LogP) is 2.20. The van der Waals surface area contributed by atoms with E-state index in [4.69, 9.17) is 0 Å². The zero-order valence-corrected chi connectivity index (χ0v) is 17.0. The molecule has 2 aromatic carbocycles. The summed E-state index contributed by atoms with van der Waals surface area (Å²) in [6.07, 6.45) is 0.640. The molecule has 1 aliphatic heterocycles. The maximum absolute atomic E-state index is 11.5. The molecule has 1 heterocycles. The molecular formula is C22H26N4O4. The second kappa shape index (κ2) is 8.41. The molecule has 0 aromatic heterocycles. The zero-order valence-electron chi connectivity index (χ0n) is 17.0. The second-order valence-corrected chi connectivity index (χ2v) is 7.97. The molecule has 8 nitrogen and oxygen atoms in total. The molecule has 0 radical (unpaired) electrons. The molecule has 4 rings (SSSR count). The van der Waals surface area contributed by atoms with E-state index < -0.39 is 6.10 Å². The Morgan fingerprint density at radius 1 is 1.10 bits per heavy atom. The minimum atomic E-state index is -0.489. The fourth-order valence-electron chi connectivity index (χ4n) is 4.55. The highest BCUT2D eigenvalue weighted by atomic mass is 16.6. The number of amides is 1. The minimum absolute atomic E-state index is 0.0488. The van der Waals surface area contributed by atoms with Gasteiger partial charge in [0.25, 0.3) is 5.69 Å². The van der Waals surface area contributed by atoms with Gasteiger partial charge in [-0.1, -0.05) is 18.2 Å². The first-order valence-corrected chi connectivity index (χ1v) is 10.2. The lowest BCUT2D eigenvalue weighted by Gasteiger charge is -2.44. The average molecular weight is 410 g/mol. The van der Waals surface area contributed by atoms with Gasteiger partial charge in [-0.3, -0.25) is 19.8 Å². The molecule has 0 bridgehead atoms. The number of nitro groups is 1. The number of carbonyl (C=O) groups excluding carboxylic acids is 1. The van der Waals surface area contributed by atoms with E-state index in [-0.39, 0.29) is 22.6 Å². The van der Waals surface area contributed by atoms with Crippen LogP contribution in [0.15, 0.2) is 42.5 Å². The molecule has 30 heavy (non-hydrogen) atoms. The Morgan fingerprint density at radius 2 is 1.83 bits per heavy atom. The number of aliphatic hydroxyl groups excluding tert-OH is 1. The van der Waals surface area contributed by atoms with E-state index in [0.717, 1.165) is 48.7 Å². The van der Waals surface area contributed by atoms with Gasteiger partial charge in [0.2, 0.25) is 5.91 Å². The number of piperazine rings is 1. The quantitative estimate of drug-likeness (QED) is 0.592. The summed E-state index contributed by atoms with van der Waals surface area (Å²) in [6, 6.07) is 12.6. The van der Waals surface area contributed by atoms with Crippen molar-refractivity contribution < 1.29 is 14.8 Å². The molecule has 1 aliphatic carbocycles. The van der Waals surface area contributed by atoms with E-state index in [9.17, 15) is 20.0 Å². The van der Waals surface area contributed by atoms with Gasteiger partial charge in [-0.25, -0.2) is 0 Å². The molecule has 2 aromatic rings. The number of benzene rings is 2. The third kappa shape index (κ3) is 4.15. The highest BCUT2D eigenvalue weighted by molar-refractivity contribution is 5.92. The maximum Gasteiger partial charge on any atom is 0.269 e. The normalized spacial score (nSPS) is 21.7. The SMILES string of the molecule is CC(=O)Nc1ccccc1N1CCN([C@@H]2Cc3cc([N+](=O)[O-])ccc3C[C@H]2O)CC1. The zero-order chi connectivity index (χ0) is 21.3. The van der Waals surface area contributed by atoms with Gasteiger partial charge < -0.3 is 15.3 Å². The summed E-state index contributed by atoms with van der Waals surface area (Å²) < 4.78 is 0. The van der Waals surface area contributed by atoms with Crippen LogP contribution in [-0.2, 0) is 17.6 Å². The summed E-state index contributed by atoms with van der Waals surface area (Å²) in [5.41, 5.74) is 3.85. The van der Waals surface area contributed by atoms with Crippen molar-refractivity contribution in [1.82, 2.24) is 4.90 Å². The number of nitrogens with zero attached hydrogens (tertiary/aromatic N) is 3. The molecule has 8 heteroatoms. The Balaban J connectivity index is 1.45. The highest BCUT2D eigenvalue weighted by Crippen LogP contribution is 2.31. The van der Waals surface area contributed by atoms with Crippen molar-refractivity contribution in [2.75, 3.05) is 36.4 Å². The number of hydrogen-bond donors (Lipinski definition) is 2. The fraction of sp³-hybridized carbons (Fsp3) is 0.409. The third-order valence-electron chi connectivity index (χ3n) is 6.04. The van der Waals surface area contributed by atoms with E-state index in [1.54, 1.807) is 12.1 Å². The first-order valence-electron chi connectivity index (χ1n) is 10.2. The van der Waals surface area contributed by atoms with Crippen LogP contribution in [0.2, 0.25) is 0 Å². The van der Waals surface area contributed by atoms with E-state index in [1.807, 2.05) is 24.3 Å². The standard InChI is InChI=1S/C22H26N4O4/c1-15(27)23-19-4-2-3-5-20(19)24-8-10-25(11-9-24)21-13-17-12-18(26(29)30)7-6-16(17)14-22(21)28/h2-7,12,21-22,28H,8-11,13-14H2,1H3,(H,23,27)/t21-,22-/m1/s1. The lowest BCUT2D eigenvalue weighted by atomic mass is 9.85.